The molecule has 0 rings (SSSR count). The first kappa shape index (κ1) is 10.0. The summed E-state index contributed by atoms with van der Waals surface area (Å²) in [4.78, 5) is 0. The zero-order valence-corrected chi connectivity index (χ0v) is 8.98. The van der Waals surface area contributed by atoms with E-state index in [4.69, 9.17) is 11.4 Å². The van der Waals surface area contributed by atoms with Crippen molar-refractivity contribution < 1.29 is 85.0 Å². The van der Waals surface area contributed by atoms with E-state index in [1.54, 1.807) is 0 Å². The Bertz CT molecular complexity index is 55.3. The average molecular weight is 184 g/mol. The van der Waals surface area contributed by atoms with E-state index in [-0.39, 0.29) is 58.2 Å². The Morgan fingerprint density at radius 2 is 1.40 bits per heavy atom. The van der Waals surface area contributed by atoms with Crippen molar-refractivity contribution in [3.8, 4) is 0 Å². The maximum absolute atomic E-state index is 8.56. The normalized spacial score (nSPS) is 5.00. The van der Waals surface area contributed by atoms with E-state index < -0.39 is 15.4 Å². The fourth-order valence-electron chi connectivity index (χ4n) is 0. The summed E-state index contributed by atoms with van der Waals surface area (Å²) < 4.78 is 25.7. The van der Waals surface area contributed by atoms with Gasteiger partial charge in [0.25, 0.3) is 0 Å². The van der Waals surface area contributed by atoms with Gasteiger partial charge in [-0.1, -0.05) is 0 Å². The second-order valence-electron chi connectivity index (χ2n) is 0.224. The van der Waals surface area contributed by atoms with Gasteiger partial charge >= 0.3 is 85.0 Å². The van der Waals surface area contributed by atoms with Crippen molar-refractivity contribution in [2.24, 2.45) is 0 Å². The van der Waals surface area contributed by atoms with Gasteiger partial charge in [0.2, 0.25) is 0 Å². The maximum atomic E-state index is 8.56. The Kier molecular flexibility index (Phi) is 11.9. The Balaban J connectivity index is 0. The van der Waals surface area contributed by atoms with Crippen LogP contribution < -0.4 is 62.2 Å². The molecule has 0 heterocycles. The van der Waals surface area contributed by atoms with E-state index in [0.717, 1.165) is 0 Å². The molecule has 0 aromatic carbocycles. The molecule has 0 aliphatic rings. The third-order valence-electron chi connectivity index (χ3n) is 0. The van der Waals surface area contributed by atoms with Crippen molar-refractivity contribution in [2.45, 2.75) is 0 Å². The molecule has 0 radical (unpaired) electrons. The Morgan fingerprint density at radius 3 is 1.40 bits per heavy atom. The molecule has 24 valence electrons. The van der Waals surface area contributed by atoms with Crippen molar-refractivity contribution >= 4 is 0 Å². The van der Waals surface area contributed by atoms with Crippen molar-refractivity contribution in [3.63, 3.8) is 0 Å². The molecule has 0 aliphatic carbocycles. The first-order valence-electron chi connectivity index (χ1n) is 0.548. The van der Waals surface area contributed by atoms with Gasteiger partial charge < -0.3 is 0 Å². The quantitative estimate of drug-likeness (QED) is 0.382. The van der Waals surface area contributed by atoms with Crippen molar-refractivity contribution in [1.82, 2.24) is 0 Å². The van der Waals surface area contributed by atoms with Crippen molar-refractivity contribution in [1.29, 1.82) is 0 Å². The molecule has 0 unspecified atom stereocenters. The van der Waals surface area contributed by atoms with E-state index >= 15 is 0 Å². The molecule has 0 fully saturated rings. The number of hydrogen-bond acceptors (Lipinski definition) is 3. The minimum Gasteiger partial charge on any atom is 1.00 e. The first-order chi connectivity index (χ1) is 1.73. The molecule has 5 heavy (non-hydrogen) atoms. The summed E-state index contributed by atoms with van der Waals surface area (Å²) in [5, 5.41) is 0. The molecule has 0 spiro atoms. The summed E-state index contributed by atoms with van der Waals surface area (Å²) in [6, 6.07) is 0. The van der Waals surface area contributed by atoms with Gasteiger partial charge in [0.05, 0.1) is 0 Å². The van der Waals surface area contributed by atoms with Crippen LogP contribution in [0.25, 0.3) is 0 Å². The van der Waals surface area contributed by atoms with E-state index in [1.807, 2.05) is 0 Å². The van der Waals surface area contributed by atoms with Gasteiger partial charge in [-0.05, 0) is 0 Å². The Morgan fingerprint density at radius 1 is 1.40 bits per heavy atom. The SMILES string of the molecule is [O]=[V](=[O])[O-].[Rb+]. The second-order valence-corrected chi connectivity index (χ2v) is 0.922. The minimum absolute atomic E-state index is 0. The third kappa shape index (κ3) is 24.4. The van der Waals surface area contributed by atoms with Crippen LogP contribution in [0.5, 0.6) is 0 Å². The van der Waals surface area contributed by atoms with E-state index in [9.17, 15) is 0 Å². The molecule has 0 amide bonds. The monoisotopic (exact) mass is 184 g/mol. The van der Waals surface area contributed by atoms with Crippen LogP contribution in [0.2, 0.25) is 0 Å². The van der Waals surface area contributed by atoms with Crippen LogP contribution in [-0.2, 0) is 22.7 Å². The van der Waals surface area contributed by atoms with Gasteiger partial charge in [0.15, 0.2) is 0 Å². The molecule has 0 bridgehead atoms. The molecule has 0 atom stereocenters. The van der Waals surface area contributed by atoms with Gasteiger partial charge in [-0.25, -0.2) is 0 Å². The molecule has 0 aliphatic heterocycles. The molecular formula is O3RbV. The van der Waals surface area contributed by atoms with E-state index in [1.165, 1.54) is 0 Å². The van der Waals surface area contributed by atoms with E-state index in [2.05, 4.69) is 0 Å². The molecular weight excluding hydrogens is 184 g/mol. The molecule has 0 saturated heterocycles. The summed E-state index contributed by atoms with van der Waals surface area (Å²) in [7, 11) is 0. The fourth-order valence-corrected chi connectivity index (χ4v) is 0. The van der Waals surface area contributed by atoms with Crippen LogP contribution >= 0.6 is 0 Å². The van der Waals surface area contributed by atoms with Crippen molar-refractivity contribution in [2.75, 3.05) is 0 Å². The molecule has 3 nitrogen and oxygen atoms in total. The first-order valence-corrected chi connectivity index (χ1v) is 2.26. The minimum atomic E-state index is -3.94. The molecule has 5 heteroatoms. The van der Waals surface area contributed by atoms with Crippen LogP contribution in [0.1, 0.15) is 0 Å². The summed E-state index contributed by atoms with van der Waals surface area (Å²) in [5.41, 5.74) is 0. The van der Waals surface area contributed by atoms with Gasteiger partial charge in [0, 0.05) is 0 Å². The third-order valence-corrected chi connectivity index (χ3v) is 0. The van der Waals surface area contributed by atoms with Gasteiger partial charge in [-0.15, -0.1) is 0 Å². The molecule has 0 N–H and O–H groups in total. The largest absolute Gasteiger partial charge is 1.00 e. The standard InChI is InChI=1S/3O.Rb.V/q;;-1;+1;. The Labute approximate surface area is 82.9 Å². The molecule has 0 aromatic heterocycles. The van der Waals surface area contributed by atoms with Gasteiger partial charge in [-0.3, -0.25) is 0 Å². The Hall–Kier alpha value is 1.95. The zero-order chi connectivity index (χ0) is 3.58. The summed E-state index contributed by atoms with van der Waals surface area (Å²) >= 11 is -3.94. The number of rotatable bonds is 0. The van der Waals surface area contributed by atoms with Crippen LogP contribution in [0, 0.1) is 0 Å². The van der Waals surface area contributed by atoms with Crippen molar-refractivity contribution in [3.05, 3.63) is 0 Å². The summed E-state index contributed by atoms with van der Waals surface area (Å²) in [6.07, 6.45) is 0. The predicted octanol–water partition coefficient (Wildman–Crippen LogP) is -4.43. The van der Waals surface area contributed by atoms with Crippen LogP contribution in [0.3, 0.4) is 0 Å². The van der Waals surface area contributed by atoms with Crippen LogP contribution in [0.4, 0.5) is 0 Å². The van der Waals surface area contributed by atoms with Crippen LogP contribution in [-0.4, -0.2) is 0 Å². The van der Waals surface area contributed by atoms with Gasteiger partial charge in [0.1, 0.15) is 0 Å². The van der Waals surface area contributed by atoms with Gasteiger partial charge in [-0.2, -0.15) is 0 Å². The second kappa shape index (κ2) is 5.95. The smallest absolute Gasteiger partial charge is 1.00 e. The van der Waals surface area contributed by atoms with Crippen LogP contribution in [0.15, 0.2) is 0 Å². The summed E-state index contributed by atoms with van der Waals surface area (Å²) in [5.74, 6) is 0. The number of hydrogen-bond donors (Lipinski definition) is 0. The average Bonchev–Trinajstić information content (AvgIpc) is 0.811. The summed E-state index contributed by atoms with van der Waals surface area (Å²) in [6.45, 7) is 0. The van der Waals surface area contributed by atoms with E-state index in [0.29, 0.717) is 0 Å². The zero-order valence-electron chi connectivity index (χ0n) is 2.67. The predicted molar refractivity (Wildman–Crippen MR) is 1.37 cm³/mol. The molecule has 0 saturated carbocycles. The fraction of sp³-hybridized carbons (Fsp3) is 0. The maximum Gasteiger partial charge on any atom is 1.00 e. The topological polar surface area (TPSA) is 57.2 Å². The molecule has 0 aromatic rings.